The minimum absolute atomic E-state index is 0.0451. The average molecular weight is 467 g/mol. The molecule has 3 saturated heterocycles. The maximum atomic E-state index is 13.4. The summed E-state index contributed by atoms with van der Waals surface area (Å²) in [6.07, 6.45) is 7.29. The monoisotopic (exact) mass is 466 g/mol. The number of rotatable bonds is 6. The van der Waals surface area contributed by atoms with E-state index in [9.17, 15) is 4.79 Å². The standard InChI is InChI=1S/C25H34N6O3/c1-19-13-27-22(28-14-19)15-29-24(32)21-17-30(18-25(21)3-8-33-9-4-25)16-20-2-5-26-23(12-20)31-6-10-34-11-7-31/h2,5,12-14,21H,3-4,6-11,15-18H2,1H3,(H,29,32). The lowest BCUT2D eigenvalue weighted by Crippen LogP contribution is -2.44. The molecule has 9 heteroatoms. The number of carbonyl (C=O) groups is 1. The van der Waals surface area contributed by atoms with Crippen molar-refractivity contribution < 1.29 is 14.3 Å². The van der Waals surface area contributed by atoms with Gasteiger partial charge in [-0.2, -0.15) is 0 Å². The van der Waals surface area contributed by atoms with E-state index in [-0.39, 0.29) is 17.2 Å². The van der Waals surface area contributed by atoms with Gasteiger partial charge in [0.1, 0.15) is 11.6 Å². The lowest BCUT2D eigenvalue weighted by molar-refractivity contribution is -0.130. The summed E-state index contributed by atoms with van der Waals surface area (Å²) in [6.45, 7) is 9.44. The number of anilines is 1. The number of aromatic nitrogens is 3. The van der Waals surface area contributed by atoms with Gasteiger partial charge >= 0.3 is 0 Å². The molecular weight excluding hydrogens is 432 g/mol. The van der Waals surface area contributed by atoms with Crippen molar-refractivity contribution in [1.29, 1.82) is 0 Å². The van der Waals surface area contributed by atoms with Gasteiger partial charge in [-0.05, 0) is 43.0 Å². The molecule has 9 nitrogen and oxygen atoms in total. The third-order valence-electron chi connectivity index (χ3n) is 7.33. The van der Waals surface area contributed by atoms with E-state index in [0.29, 0.717) is 12.4 Å². The minimum Gasteiger partial charge on any atom is -0.381 e. The molecular formula is C25H34N6O3. The SMILES string of the molecule is Cc1cnc(CNC(=O)C2CN(Cc3ccnc(N4CCOCC4)c3)CC23CCOCC3)nc1. The number of carbonyl (C=O) groups excluding carboxylic acids is 1. The van der Waals surface area contributed by atoms with Crippen LogP contribution in [0, 0.1) is 18.3 Å². The van der Waals surface area contributed by atoms with Gasteiger partial charge in [0, 0.05) is 69.9 Å². The summed E-state index contributed by atoms with van der Waals surface area (Å²) in [5.74, 6) is 1.68. The fourth-order valence-electron chi connectivity index (χ4n) is 5.42. The summed E-state index contributed by atoms with van der Waals surface area (Å²) in [6, 6.07) is 4.27. The summed E-state index contributed by atoms with van der Waals surface area (Å²) in [7, 11) is 0. The Kier molecular flexibility index (Phi) is 7.03. The lowest BCUT2D eigenvalue weighted by atomic mass is 9.72. The molecule has 2 aromatic rings. The summed E-state index contributed by atoms with van der Waals surface area (Å²) in [4.78, 5) is 31.3. The Morgan fingerprint density at radius 1 is 1.12 bits per heavy atom. The number of pyridine rings is 1. The number of nitrogens with one attached hydrogen (secondary N) is 1. The second-order valence-electron chi connectivity index (χ2n) is 9.71. The Labute approximate surface area is 200 Å². The van der Waals surface area contributed by atoms with E-state index >= 15 is 0 Å². The van der Waals surface area contributed by atoms with Crippen LogP contribution in [0.1, 0.15) is 29.8 Å². The predicted octanol–water partition coefficient (Wildman–Crippen LogP) is 1.56. The van der Waals surface area contributed by atoms with Crippen LogP contribution in [0.5, 0.6) is 0 Å². The smallest absolute Gasteiger partial charge is 0.225 e. The zero-order valence-electron chi connectivity index (χ0n) is 19.9. The third-order valence-corrected chi connectivity index (χ3v) is 7.33. The Hall–Kier alpha value is -2.62. The van der Waals surface area contributed by atoms with Crippen molar-refractivity contribution in [3.05, 3.63) is 47.7 Å². The fourth-order valence-corrected chi connectivity index (χ4v) is 5.42. The van der Waals surface area contributed by atoms with Crippen LogP contribution in [0.4, 0.5) is 5.82 Å². The first-order chi connectivity index (χ1) is 16.6. The Morgan fingerprint density at radius 3 is 2.62 bits per heavy atom. The molecule has 1 unspecified atom stereocenters. The number of hydrogen-bond acceptors (Lipinski definition) is 8. The van der Waals surface area contributed by atoms with E-state index < -0.39 is 0 Å². The summed E-state index contributed by atoms with van der Waals surface area (Å²) in [5, 5.41) is 3.11. The molecule has 1 amide bonds. The first kappa shape index (κ1) is 23.1. The lowest BCUT2D eigenvalue weighted by Gasteiger charge is -2.37. The molecule has 0 radical (unpaired) electrons. The minimum atomic E-state index is -0.0672. The molecule has 0 bridgehead atoms. The molecule has 3 aliphatic heterocycles. The summed E-state index contributed by atoms with van der Waals surface area (Å²) >= 11 is 0. The molecule has 1 spiro atoms. The molecule has 182 valence electrons. The van der Waals surface area contributed by atoms with Crippen LogP contribution in [-0.2, 0) is 27.4 Å². The van der Waals surface area contributed by atoms with E-state index in [1.165, 1.54) is 5.56 Å². The van der Waals surface area contributed by atoms with E-state index in [1.807, 2.05) is 13.1 Å². The summed E-state index contributed by atoms with van der Waals surface area (Å²) in [5.41, 5.74) is 2.19. The van der Waals surface area contributed by atoms with E-state index in [1.54, 1.807) is 12.4 Å². The van der Waals surface area contributed by atoms with E-state index in [0.717, 1.165) is 83.4 Å². The number of likely N-dealkylation sites (tertiary alicyclic amines) is 1. The number of nitrogens with zero attached hydrogens (tertiary/aromatic N) is 5. The largest absolute Gasteiger partial charge is 0.381 e. The first-order valence-corrected chi connectivity index (χ1v) is 12.2. The van der Waals surface area contributed by atoms with Crippen LogP contribution in [0.3, 0.4) is 0 Å². The molecule has 0 aliphatic carbocycles. The quantitative estimate of drug-likeness (QED) is 0.686. The van der Waals surface area contributed by atoms with Gasteiger partial charge in [-0.15, -0.1) is 0 Å². The normalized spacial score (nSPS) is 22.7. The van der Waals surface area contributed by atoms with Crippen molar-refractivity contribution >= 4 is 11.7 Å². The number of morpholine rings is 1. The molecule has 5 rings (SSSR count). The zero-order valence-corrected chi connectivity index (χ0v) is 19.9. The van der Waals surface area contributed by atoms with Crippen molar-refractivity contribution in [3.63, 3.8) is 0 Å². The first-order valence-electron chi connectivity index (χ1n) is 12.2. The topological polar surface area (TPSA) is 92.7 Å². The summed E-state index contributed by atoms with van der Waals surface area (Å²) < 4.78 is 11.1. The number of ether oxygens (including phenoxy) is 2. The highest BCUT2D eigenvalue weighted by molar-refractivity contribution is 5.80. The van der Waals surface area contributed by atoms with Gasteiger partial charge in [-0.3, -0.25) is 9.69 Å². The van der Waals surface area contributed by atoms with Gasteiger partial charge in [-0.25, -0.2) is 15.0 Å². The molecule has 5 heterocycles. The second-order valence-corrected chi connectivity index (χ2v) is 9.71. The maximum Gasteiger partial charge on any atom is 0.225 e. The van der Waals surface area contributed by atoms with Gasteiger partial charge in [-0.1, -0.05) is 0 Å². The van der Waals surface area contributed by atoms with Crippen LogP contribution in [0.25, 0.3) is 0 Å². The number of amides is 1. The van der Waals surface area contributed by atoms with Gasteiger partial charge in [0.25, 0.3) is 0 Å². The molecule has 34 heavy (non-hydrogen) atoms. The maximum absolute atomic E-state index is 13.4. The Balaban J connectivity index is 1.26. The van der Waals surface area contributed by atoms with E-state index in [4.69, 9.17) is 9.47 Å². The van der Waals surface area contributed by atoms with Crippen molar-refractivity contribution in [2.75, 3.05) is 57.5 Å². The Bertz CT molecular complexity index is 973. The van der Waals surface area contributed by atoms with Crippen LogP contribution in [-0.4, -0.2) is 78.4 Å². The molecule has 3 fully saturated rings. The number of aryl methyl sites for hydroxylation is 1. The third kappa shape index (κ3) is 5.21. The van der Waals surface area contributed by atoms with E-state index in [2.05, 4.69) is 42.2 Å². The van der Waals surface area contributed by atoms with Gasteiger partial charge < -0.3 is 19.7 Å². The van der Waals surface area contributed by atoms with Crippen LogP contribution < -0.4 is 10.2 Å². The van der Waals surface area contributed by atoms with Crippen LogP contribution in [0.2, 0.25) is 0 Å². The molecule has 1 N–H and O–H groups in total. The fraction of sp³-hybridized carbons (Fsp3) is 0.600. The Morgan fingerprint density at radius 2 is 1.85 bits per heavy atom. The molecule has 1 atom stereocenters. The van der Waals surface area contributed by atoms with Crippen molar-refractivity contribution in [2.24, 2.45) is 11.3 Å². The van der Waals surface area contributed by atoms with Gasteiger partial charge in [0.2, 0.25) is 5.91 Å². The molecule has 0 saturated carbocycles. The van der Waals surface area contributed by atoms with Crippen molar-refractivity contribution in [2.45, 2.75) is 32.9 Å². The molecule has 0 aromatic carbocycles. The number of hydrogen-bond donors (Lipinski definition) is 1. The second kappa shape index (κ2) is 10.3. The molecule has 2 aromatic heterocycles. The molecule has 3 aliphatic rings. The zero-order chi connectivity index (χ0) is 23.4. The van der Waals surface area contributed by atoms with Crippen molar-refractivity contribution in [1.82, 2.24) is 25.2 Å². The average Bonchev–Trinajstić information content (AvgIpc) is 3.21. The highest BCUT2D eigenvalue weighted by Crippen LogP contribution is 2.44. The highest BCUT2D eigenvalue weighted by Gasteiger charge is 2.50. The van der Waals surface area contributed by atoms with Crippen LogP contribution >= 0.6 is 0 Å². The highest BCUT2D eigenvalue weighted by atomic mass is 16.5. The van der Waals surface area contributed by atoms with Gasteiger partial charge in [0.15, 0.2) is 0 Å². The van der Waals surface area contributed by atoms with Crippen LogP contribution in [0.15, 0.2) is 30.7 Å². The van der Waals surface area contributed by atoms with Crippen molar-refractivity contribution in [3.8, 4) is 0 Å². The van der Waals surface area contributed by atoms with Gasteiger partial charge in [0.05, 0.1) is 25.7 Å². The predicted molar refractivity (Wildman–Crippen MR) is 127 cm³/mol.